The van der Waals surface area contributed by atoms with Crippen LogP contribution in [0.1, 0.15) is 16.1 Å². The molecule has 0 amide bonds. The van der Waals surface area contributed by atoms with Gasteiger partial charge in [0.2, 0.25) is 0 Å². The fraction of sp³-hybridized carbons (Fsp3) is 0.188. The minimum Gasteiger partial charge on any atom is -0.455 e. The first-order valence-electron chi connectivity index (χ1n) is 6.55. The fourth-order valence-corrected chi connectivity index (χ4v) is 3.35. The number of aryl methyl sites for hydroxylation is 3. The molecule has 0 aliphatic rings. The summed E-state index contributed by atoms with van der Waals surface area (Å²) in [7, 11) is 0. The standard InChI is InChI=1S/C16H15BrN2OS/c1-8-4-11(5-9(2)16(8)17)20-14-7-13-15(6-12(14)18)21-10(3)19-13/h4-7H,18H2,1-3H3. The zero-order valence-corrected chi connectivity index (χ0v) is 14.4. The van der Waals surface area contributed by atoms with Crippen molar-refractivity contribution in [2.24, 2.45) is 0 Å². The molecule has 2 N–H and O–H groups in total. The Labute approximate surface area is 135 Å². The van der Waals surface area contributed by atoms with Crippen molar-refractivity contribution < 1.29 is 4.74 Å². The molecule has 0 radical (unpaired) electrons. The van der Waals surface area contributed by atoms with Crippen molar-refractivity contribution in [3.05, 3.63) is 44.9 Å². The number of fused-ring (bicyclic) bond motifs is 1. The maximum atomic E-state index is 6.09. The summed E-state index contributed by atoms with van der Waals surface area (Å²) in [6.45, 7) is 6.07. The van der Waals surface area contributed by atoms with Crippen LogP contribution >= 0.6 is 27.3 Å². The van der Waals surface area contributed by atoms with Crippen LogP contribution in [0.5, 0.6) is 11.5 Å². The summed E-state index contributed by atoms with van der Waals surface area (Å²) >= 11 is 5.19. The molecular formula is C16H15BrN2OS. The molecule has 0 fully saturated rings. The van der Waals surface area contributed by atoms with E-state index in [4.69, 9.17) is 10.5 Å². The number of anilines is 1. The minimum atomic E-state index is 0.629. The third-order valence-electron chi connectivity index (χ3n) is 3.26. The average molecular weight is 363 g/mol. The van der Waals surface area contributed by atoms with E-state index in [0.717, 1.165) is 36.6 Å². The predicted molar refractivity (Wildman–Crippen MR) is 92.5 cm³/mol. The van der Waals surface area contributed by atoms with Gasteiger partial charge in [0, 0.05) is 10.5 Å². The van der Waals surface area contributed by atoms with Crippen LogP contribution in [0.15, 0.2) is 28.7 Å². The number of nitrogen functional groups attached to an aromatic ring is 1. The van der Waals surface area contributed by atoms with Gasteiger partial charge in [0.05, 0.1) is 20.9 Å². The zero-order chi connectivity index (χ0) is 15.1. The van der Waals surface area contributed by atoms with E-state index in [0.29, 0.717) is 11.4 Å². The number of nitrogens with two attached hydrogens (primary N) is 1. The van der Waals surface area contributed by atoms with Crippen LogP contribution < -0.4 is 10.5 Å². The van der Waals surface area contributed by atoms with Gasteiger partial charge >= 0.3 is 0 Å². The van der Waals surface area contributed by atoms with E-state index in [1.807, 2.05) is 45.0 Å². The van der Waals surface area contributed by atoms with Gasteiger partial charge in [0.1, 0.15) is 5.75 Å². The Morgan fingerprint density at radius 2 is 1.76 bits per heavy atom. The summed E-state index contributed by atoms with van der Waals surface area (Å²) in [5.41, 5.74) is 9.91. The normalized spacial score (nSPS) is 11.0. The number of aromatic nitrogens is 1. The van der Waals surface area contributed by atoms with Gasteiger partial charge in [-0.2, -0.15) is 0 Å². The summed E-state index contributed by atoms with van der Waals surface area (Å²) in [6, 6.07) is 7.81. The molecule has 0 bridgehead atoms. The van der Waals surface area contributed by atoms with Gasteiger partial charge in [-0.15, -0.1) is 11.3 Å². The van der Waals surface area contributed by atoms with Crippen molar-refractivity contribution >= 4 is 43.2 Å². The second kappa shape index (κ2) is 5.31. The quantitative estimate of drug-likeness (QED) is 0.624. The van der Waals surface area contributed by atoms with Crippen molar-refractivity contribution in [2.45, 2.75) is 20.8 Å². The first-order chi connectivity index (χ1) is 9.94. The van der Waals surface area contributed by atoms with Gasteiger partial charge < -0.3 is 10.5 Å². The summed E-state index contributed by atoms with van der Waals surface area (Å²) in [5.74, 6) is 1.43. The lowest BCUT2D eigenvalue weighted by Gasteiger charge is -2.11. The van der Waals surface area contributed by atoms with E-state index in [1.165, 1.54) is 0 Å². The molecule has 0 unspecified atom stereocenters. The molecule has 0 atom stereocenters. The van der Waals surface area contributed by atoms with Crippen molar-refractivity contribution in [1.29, 1.82) is 0 Å². The SMILES string of the molecule is Cc1nc2cc(Oc3cc(C)c(Br)c(C)c3)c(N)cc2s1. The molecule has 0 spiro atoms. The maximum Gasteiger partial charge on any atom is 0.152 e. The smallest absolute Gasteiger partial charge is 0.152 e. The van der Waals surface area contributed by atoms with E-state index in [1.54, 1.807) is 11.3 Å². The number of benzene rings is 2. The van der Waals surface area contributed by atoms with E-state index in [-0.39, 0.29) is 0 Å². The Hall–Kier alpha value is -1.59. The predicted octanol–water partition coefficient (Wildman–Crippen LogP) is 5.36. The van der Waals surface area contributed by atoms with Crippen LogP contribution in [0, 0.1) is 20.8 Å². The lowest BCUT2D eigenvalue weighted by Crippen LogP contribution is -1.93. The molecule has 2 aromatic carbocycles. The Kier molecular flexibility index (Phi) is 3.63. The summed E-state index contributed by atoms with van der Waals surface area (Å²) in [6.07, 6.45) is 0. The van der Waals surface area contributed by atoms with Crippen LogP contribution in [0.4, 0.5) is 5.69 Å². The number of halogens is 1. The van der Waals surface area contributed by atoms with Crippen LogP contribution in [-0.4, -0.2) is 4.98 Å². The van der Waals surface area contributed by atoms with E-state index in [2.05, 4.69) is 20.9 Å². The van der Waals surface area contributed by atoms with E-state index in [9.17, 15) is 0 Å². The highest BCUT2D eigenvalue weighted by Crippen LogP contribution is 2.35. The Morgan fingerprint density at radius 3 is 2.43 bits per heavy atom. The van der Waals surface area contributed by atoms with Crippen molar-refractivity contribution in [3.8, 4) is 11.5 Å². The lowest BCUT2D eigenvalue weighted by atomic mass is 10.1. The van der Waals surface area contributed by atoms with Crippen LogP contribution in [0.2, 0.25) is 0 Å². The lowest BCUT2D eigenvalue weighted by molar-refractivity contribution is 0.484. The van der Waals surface area contributed by atoms with Crippen molar-refractivity contribution in [3.63, 3.8) is 0 Å². The molecule has 3 nitrogen and oxygen atoms in total. The number of hydrogen-bond donors (Lipinski definition) is 1. The second-order valence-corrected chi connectivity index (χ2v) is 7.09. The topological polar surface area (TPSA) is 48.1 Å². The molecule has 0 saturated carbocycles. The summed E-state index contributed by atoms with van der Waals surface area (Å²) < 4.78 is 8.15. The molecule has 0 aliphatic heterocycles. The molecule has 0 aliphatic carbocycles. The van der Waals surface area contributed by atoms with Gasteiger partial charge in [0.15, 0.2) is 5.75 Å². The summed E-state index contributed by atoms with van der Waals surface area (Å²) in [5, 5.41) is 1.02. The Balaban J connectivity index is 2.03. The highest BCUT2D eigenvalue weighted by Gasteiger charge is 2.10. The average Bonchev–Trinajstić information content (AvgIpc) is 2.75. The summed E-state index contributed by atoms with van der Waals surface area (Å²) in [4.78, 5) is 4.48. The molecule has 21 heavy (non-hydrogen) atoms. The van der Waals surface area contributed by atoms with E-state index < -0.39 is 0 Å². The van der Waals surface area contributed by atoms with Crippen molar-refractivity contribution in [2.75, 3.05) is 5.73 Å². The number of rotatable bonds is 2. The molecule has 3 aromatic rings. The van der Waals surface area contributed by atoms with Gasteiger partial charge in [-0.1, -0.05) is 15.9 Å². The molecule has 3 rings (SSSR count). The maximum absolute atomic E-state index is 6.09. The van der Waals surface area contributed by atoms with E-state index >= 15 is 0 Å². The number of hydrogen-bond acceptors (Lipinski definition) is 4. The van der Waals surface area contributed by atoms with Gasteiger partial charge in [-0.25, -0.2) is 4.98 Å². The molecule has 1 aromatic heterocycles. The zero-order valence-electron chi connectivity index (χ0n) is 12.0. The first kappa shape index (κ1) is 14.4. The third kappa shape index (κ3) is 2.76. The van der Waals surface area contributed by atoms with Gasteiger partial charge in [-0.3, -0.25) is 0 Å². The molecule has 108 valence electrons. The largest absolute Gasteiger partial charge is 0.455 e. The molecular weight excluding hydrogens is 348 g/mol. The Morgan fingerprint density at radius 1 is 1.10 bits per heavy atom. The molecule has 5 heteroatoms. The fourth-order valence-electron chi connectivity index (χ4n) is 2.27. The monoisotopic (exact) mass is 362 g/mol. The highest BCUT2D eigenvalue weighted by molar-refractivity contribution is 9.10. The highest BCUT2D eigenvalue weighted by atomic mass is 79.9. The van der Waals surface area contributed by atoms with Crippen LogP contribution in [0.3, 0.4) is 0 Å². The third-order valence-corrected chi connectivity index (χ3v) is 5.45. The molecule has 1 heterocycles. The Bertz CT molecular complexity index is 819. The molecule has 0 saturated heterocycles. The second-order valence-electron chi connectivity index (χ2n) is 5.06. The van der Waals surface area contributed by atoms with Crippen LogP contribution in [0.25, 0.3) is 10.2 Å². The van der Waals surface area contributed by atoms with Gasteiger partial charge in [-0.05, 0) is 50.1 Å². The van der Waals surface area contributed by atoms with Crippen LogP contribution in [-0.2, 0) is 0 Å². The van der Waals surface area contributed by atoms with Gasteiger partial charge in [0.25, 0.3) is 0 Å². The number of ether oxygens (including phenoxy) is 1. The minimum absolute atomic E-state index is 0.629. The number of thiazole rings is 1. The first-order valence-corrected chi connectivity index (χ1v) is 8.16. The number of nitrogens with zero attached hydrogens (tertiary/aromatic N) is 1. The van der Waals surface area contributed by atoms with Crippen molar-refractivity contribution in [1.82, 2.24) is 4.98 Å².